The summed E-state index contributed by atoms with van der Waals surface area (Å²) in [4.78, 5) is 38.3. The van der Waals surface area contributed by atoms with Gasteiger partial charge in [-0.05, 0) is 38.1 Å². The van der Waals surface area contributed by atoms with Crippen molar-refractivity contribution in [3.8, 4) is 11.3 Å². The highest BCUT2D eigenvalue weighted by atomic mass is 19.4. The first-order valence-electron chi connectivity index (χ1n) is 9.48. The van der Waals surface area contributed by atoms with Crippen molar-refractivity contribution < 1.29 is 27.5 Å². The van der Waals surface area contributed by atoms with E-state index in [2.05, 4.69) is 19.7 Å². The Morgan fingerprint density at radius 1 is 1.12 bits per heavy atom. The van der Waals surface area contributed by atoms with Crippen LogP contribution in [0.4, 0.5) is 24.7 Å². The maximum atomic E-state index is 13.7. The molecule has 0 N–H and O–H groups in total. The Hall–Kier alpha value is -3.82. The number of aromatic nitrogens is 3. The van der Waals surface area contributed by atoms with Gasteiger partial charge in [-0.25, -0.2) is 19.7 Å². The molecule has 0 fully saturated rings. The van der Waals surface area contributed by atoms with Crippen molar-refractivity contribution in [2.75, 3.05) is 12.0 Å². The number of methoxy groups -OCH3 is 1. The molecule has 0 bridgehead atoms. The molecule has 1 aliphatic heterocycles. The molecular weight excluding hydrogens is 425 g/mol. The van der Waals surface area contributed by atoms with Gasteiger partial charge in [-0.2, -0.15) is 13.2 Å². The normalized spacial score (nSPS) is 14.9. The lowest BCUT2D eigenvalue weighted by molar-refractivity contribution is -0.141. The summed E-state index contributed by atoms with van der Waals surface area (Å²) >= 11 is 0. The smallest absolute Gasteiger partial charge is 0.434 e. The van der Waals surface area contributed by atoms with Crippen LogP contribution in [0.1, 0.15) is 35.5 Å². The standard InChI is InChI=1S/C22H17F3N4O3/c1-21(2)17-12(14-8-7-13(19(30)32-3)18(28-14)22(23,24)25)5-4-6-15(17)29(20(21)31)16-9-10-26-11-27-16/h4-11H,1-3H3. The number of carbonyl (C=O) groups is 2. The molecule has 0 spiro atoms. The van der Waals surface area contributed by atoms with Crippen molar-refractivity contribution in [1.29, 1.82) is 0 Å². The van der Waals surface area contributed by atoms with Gasteiger partial charge in [0.05, 0.1) is 29.5 Å². The van der Waals surface area contributed by atoms with E-state index in [0.717, 1.165) is 13.2 Å². The van der Waals surface area contributed by atoms with Gasteiger partial charge in [0.15, 0.2) is 5.69 Å². The zero-order chi connectivity index (χ0) is 23.3. The van der Waals surface area contributed by atoms with Crippen LogP contribution in [0.5, 0.6) is 0 Å². The number of fused-ring (bicyclic) bond motifs is 1. The van der Waals surface area contributed by atoms with Crippen LogP contribution in [-0.2, 0) is 21.1 Å². The number of alkyl halides is 3. The largest absolute Gasteiger partial charge is 0.465 e. The molecule has 0 saturated heterocycles. The summed E-state index contributed by atoms with van der Waals surface area (Å²) in [6, 6.07) is 8.83. The molecule has 2 aromatic heterocycles. The molecule has 0 atom stereocenters. The Kier molecular flexibility index (Phi) is 4.95. The monoisotopic (exact) mass is 442 g/mol. The van der Waals surface area contributed by atoms with Crippen LogP contribution in [0.2, 0.25) is 0 Å². The molecule has 1 amide bonds. The van der Waals surface area contributed by atoms with E-state index in [1.54, 1.807) is 38.1 Å². The molecule has 3 aromatic rings. The van der Waals surface area contributed by atoms with Crippen molar-refractivity contribution in [3.05, 3.63) is 65.7 Å². The molecule has 3 heterocycles. The highest BCUT2D eigenvalue weighted by molar-refractivity contribution is 6.13. The summed E-state index contributed by atoms with van der Waals surface area (Å²) in [6.07, 6.45) is -2.08. The summed E-state index contributed by atoms with van der Waals surface area (Å²) in [7, 11) is 0.996. The lowest BCUT2D eigenvalue weighted by atomic mass is 9.82. The number of pyridine rings is 1. The number of hydrogen-bond acceptors (Lipinski definition) is 6. The van der Waals surface area contributed by atoms with Crippen molar-refractivity contribution in [2.24, 2.45) is 0 Å². The number of anilines is 2. The molecule has 164 valence electrons. The van der Waals surface area contributed by atoms with Crippen molar-refractivity contribution in [1.82, 2.24) is 15.0 Å². The highest BCUT2D eigenvalue weighted by Gasteiger charge is 2.47. The summed E-state index contributed by atoms with van der Waals surface area (Å²) < 4.78 is 45.5. The quantitative estimate of drug-likeness (QED) is 0.563. The summed E-state index contributed by atoms with van der Waals surface area (Å²) in [6.45, 7) is 3.37. The number of ether oxygens (including phenoxy) is 1. The molecule has 0 saturated carbocycles. The van der Waals surface area contributed by atoms with Gasteiger partial charge in [-0.3, -0.25) is 9.69 Å². The number of rotatable bonds is 3. The Morgan fingerprint density at radius 3 is 2.50 bits per heavy atom. The van der Waals surface area contributed by atoms with Crippen LogP contribution in [0.25, 0.3) is 11.3 Å². The predicted molar refractivity (Wildman–Crippen MR) is 108 cm³/mol. The van der Waals surface area contributed by atoms with Crippen LogP contribution in [0.15, 0.2) is 48.9 Å². The van der Waals surface area contributed by atoms with Crippen LogP contribution < -0.4 is 4.90 Å². The third kappa shape index (κ3) is 3.28. The molecule has 10 heteroatoms. The maximum Gasteiger partial charge on any atom is 0.434 e. The molecular formula is C22H17F3N4O3. The Balaban J connectivity index is 1.95. The zero-order valence-corrected chi connectivity index (χ0v) is 17.3. The van der Waals surface area contributed by atoms with Gasteiger partial charge in [-0.1, -0.05) is 12.1 Å². The topological polar surface area (TPSA) is 85.3 Å². The van der Waals surface area contributed by atoms with E-state index in [1.807, 2.05) is 0 Å². The Labute approximate surface area is 180 Å². The molecule has 1 aromatic carbocycles. The SMILES string of the molecule is COC(=O)c1ccc(-c2cccc3c2C(C)(C)C(=O)N3c2ccncn2)nc1C(F)(F)F. The van der Waals surface area contributed by atoms with E-state index in [1.165, 1.54) is 23.5 Å². The lowest BCUT2D eigenvalue weighted by Crippen LogP contribution is -2.33. The van der Waals surface area contributed by atoms with Gasteiger partial charge in [0.25, 0.3) is 0 Å². The third-order valence-corrected chi connectivity index (χ3v) is 5.29. The van der Waals surface area contributed by atoms with E-state index < -0.39 is 28.8 Å². The molecule has 4 rings (SSSR count). The fourth-order valence-corrected chi connectivity index (χ4v) is 3.84. The number of carbonyl (C=O) groups excluding carboxylic acids is 2. The van der Waals surface area contributed by atoms with Gasteiger partial charge in [0.1, 0.15) is 12.1 Å². The van der Waals surface area contributed by atoms with Gasteiger partial charge >= 0.3 is 12.1 Å². The number of hydrogen-bond donors (Lipinski definition) is 0. The first-order valence-corrected chi connectivity index (χ1v) is 9.48. The first-order chi connectivity index (χ1) is 15.1. The Bertz CT molecular complexity index is 1230. The second-order valence-corrected chi connectivity index (χ2v) is 7.61. The van der Waals surface area contributed by atoms with E-state index in [-0.39, 0.29) is 11.6 Å². The van der Waals surface area contributed by atoms with Crippen LogP contribution in [-0.4, -0.2) is 33.9 Å². The van der Waals surface area contributed by atoms with Crippen LogP contribution in [0.3, 0.4) is 0 Å². The highest BCUT2D eigenvalue weighted by Crippen LogP contribution is 2.49. The second-order valence-electron chi connectivity index (χ2n) is 7.61. The number of nitrogens with zero attached hydrogens (tertiary/aromatic N) is 4. The summed E-state index contributed by atoms with van der Waals surface area (Å²) in [5.41, 5.74) is -1.79. The van der Waals surface area contributed by atoms with Gasteiger partial charge < -0.3 is 4.74 Å². The minimum Gasteiger partial charge on any atom is -0.465 e. The number of halogens is 3. The van der Waals surface area contributed by atoms with Crippen LogP contribution in [0, 0.1) is 0 Å². The van der Waals surface area contributed by atoms with Gasteiger partial charge in [0, 0.05) is 17.3 Å². The first kappa shape index (κ1) is 21.4. The number of amides is 1. The summed E-state index contributed by atoms with van der Waals surface area (Å²) in [5, 5.41) is 0. The van der Waals surface area contributed by atoms with Crippen molar-refractivity contribution >= 4 is 23.4 Å². The van der Waals surface area contributed by atoms with Gasteiger partial charge in [-0.15, -0.1) is 0 Å². The molecule has 0 aliphatic carbocycles. The van der Waals surface area contributed by atoms with E-state index in [0.29, 0.717) is 22.6 Å². The average Bonchev–Trinajstić information content (AvgIpc) is 2.98. The fraction of sp³-hybridized carbons (Fsp3) is 0.227. The maximum absolute atomic E-state index is 13.7. The predicted octanol–water partition coefficient (Wildman–Crippen LogP) is 4.30. The van der Waals surface area contributed by atoms with Crippen molar-refractivity contribution in [2.45, 2.75) is 25.4 Å². The number of esters is 1. The summed E-state index contributed by atoms with van der Waals surface area (Å²) in [5.74, 6) is -1.08. The molecule has 1 aliphatic rings. The van der Waals surface area contributed by atoms with Crippen LogP contribution >= 0.6 is 0 Å². The molecule has 0 unspecified atom stereocenters. The van der Waals surface area contributed by atoms with E-state index >= 15 is 0 Å². The fourth-order valence-electron chi connectivity index (χ4n) is 3.84. The second kappa shape index (κ2) is 7.40. The molecule has 7 nitrogen and oxygen atoms in total. The van der Waals surface area contributed by atoms with Crippen molar-refractivity contribution in [3.63, 3.8) is 0 Å². The minimum absolute atomic E-state index is 0.0211. The van der Waals surface area contributed by atoms with Gasteiger partial charge in [0.2, 0.25) is 5.91 Å². The minimum atomic E-state index is -4.88. The average molecular weight is 442 g/mol. The molecule has 0 radical (unpaired) electrons. The van der Waals surface area contributed by atoms with E-state index in [9.17, 15) is 22.8 Å². The van der Waals surface area contributed by atoms with E-state index in [4.69, 9.17) is 0 Å². The molecule has 32 heavy (non-hydrogen) atoms. The zero-order valence-electron chi connectivity index (χ0n) is 17.3. The third-order valence-electron chi connectivity index (χ3n) is 5.29. The number of benzene rings is 1. The Morgan fingerprint density at radius 2 is 1.88 bits per heavy atom. The lowest BCUT2D eigenvalue weighted by Gasteiger charge is -2.20.